The van der Waals surface area contributed by atoms with Crippen LogP contribution >= 0.6 is 0 Å². The summed E-state index contributed by atoms with van der Waals surface area (Å²) in [7, 11) is -1.66. The third-order valence-electron chi connectivity index (χ3n) is 4.19. The molecular weight excluding hydrogens is 340 g/mol. The predicted octanol–water partition coefficient (Wildman–Crippen LogP) is 5.37. The maximum absolute atomic E-state index is 9.93. The van der Waals surface area contributed by atoms with Gasteiger partial charge in [-0.05, 0) is 82.3 Å². The second-order valence-corrected chi connectivity index (χ2v) is 9.38. The van der Waals surface area contributed by atoms with Gasteiger partial charge in [0.15, 0.2) is 0 Å². The van der Waals surface area contributed by atoms with Crippen molar-refractivity contribution in [3.05, 3.63) is 53.6 Å². The van der Waals surface area contributed by atoms with Crippen molar-refractivity contribution in [1.29, 1.82) is 0 Å². The average Bonchev–Trinajstić information content (AvgIpc) is 2.55. The minimum absolute atomic E-state index is 0.203. The van der Waals surface area contributed by atoms with E-state index in [-0.39, 0.29) is 12.2 Å². The topological polar surface area (TPSA) is 38.7 Å². The van der Waals surface area contributed by atoms with Crippen LogP contribution in [0.25, 0.3) is 11.1 Å². The van der Waals surface area contributed by atoms with Gasteiger partial charge in [-0.25, -0.2) is 0 Å². The SMILES string of the molecule is Cc1ccc(-c2ccc(O)cc2CCC[SiH](OC(C)C)OC(C)C)cc1. The molecule has 0 aliphatic rings. The molecule has 0 heterocycles. The summed E-state index contributed by atoms with van der Waals surface area (Å²) < 4.78 is 12.0. The summed E-state index contributed by atoms with van der Waals surface area (Å²) in [5.41, 5.74) is 4.81. The standard InChI is InChI=1S/C22H32O3Si/c1-16(2)24-26(25-17(3)4)14-6-7-20-15-21(23)12-13-22(20)19-10-8-18(5)9-11-19/h8-13,15-17,23,26H,6-7,14H2,1-5H3. The molecule has 0 saturated carbocycles. The highest BCUT2D eigenvalue weighted by molar-refractivity contribution is 6.44. The summed E-state index contributed by atoms with van der Waals surface area (Å²) in [6, 6.07) is 15.2. The molecule has 3 nitrogen and oxygen atoms in total. The fraction of sp³-hybridized carbons (Fsp3) is 0.455. The Balaban J connectivity index is 2.08. The molecule has 0 spiro atoms. The van der Waals surface area contributed by atoms with Crippen molar-refractivity contribution in [1.82, 2.24) is 0 Å². The highest BCUT2D eigenvalue weighted by Crippen LogP contribution is 2.29. The van der Waals surface area contributed by atoms with Gasteiger partial charge in [-0.3, -0.25) is 0 Å². The van der Waals surface area contributed by atoms with Crippen LogP contribution in [0.1, 0.15) is 45.2 Å². The van der Waals surface area contributed by atoms with Crippen molar-refractivity contribution in [3.63, 3.8) is 0 Å². The van der Waals surface area contributed by atoms with Gasteiger partial charge in [0, 0.05) is 12.2 Å². The number of hydrogen-bond donors (Lipinski definition) is 1. The number of rotatable bonds is 9. The Bertz CT molecular complexity index is 670. The molecule has 26 heavy (non-hydrogen) atoms. The zero-order valence-electron chi connectivity index (χ0n) is 16.7. The lowest BCUT2D eigenvalue weighted by Gasteiger charge is -2.21. The van der Waals surface area contributed by atoms with Crippen molar-refractivity contribution in [2.75, 3.05) is 0 Å². The maximum Gasteiger partial charge on any atom is 0.321 e. The Kier molecular flexibility index (Phi) is 7.88. The second kappa shape index (κ2) is 9.90. The van der Waals surface area contributed by atoms with Gasteiger partial charge in [0.05, 0.1) is 0 Å². The Morgan fingerprint density at radius 2 is 1.54 bits per heavy atom. The lowest BCUT2D eigenvalue weighted by atomic mass is 9.96. The van der Waals surface area contributed by atoms with Crippen molar-refractivity contribution < 1.29 is 14.0 Å². The molecule has 0 fully saturated rings. The van der Waals surface area contributed by atoms with Crippen molar-refractivity contribution in [3.8, 4) is 16.9 Å². The molecule has 0 radical (unpaired) electrons. The molecule has 2 aromatic carbocycles. The fourth-order valence-electron chi connectivity index (χ4n) is 3.04. The Hall–Kier alpha value is -1.62. The molecule has 0 atom stereocenters. The van der Waals surface area contributed by atoms with Crippen LogP contribution in [-0.2, 0) is 15.3 Å². The summed E-state index contributed by atoms with van der Waals surface area (Å²) >= 11 is 0. The molecule has 0 aromatic heterocycles. The molecule has 0 amide bonds. The number of phenols is 1. The molecule has 0 saturated heterocycles. The van der Waals surface area contributed by atoms with E-state index in [4.69, 9.17) is 8.85 Å². The first-order valence-corrected chi connectivity index (χ1v) is 11.3. The summed E-state index contributed by atoms with van der Waals surface area (Å²) in [4.78, 5) is 0. The van der Waals surface area contributed by atoms with Gasteiger partial charge < -0.3 is 14.0 Å². The quantitative estimate of drug-likeness (QED) is 0.601. The van der Waals surface area contributed by atoms with Crippen LogP contribution in [-0.4, -0.2) is 26.6 Å². The van der Waals surface area contributed by atoms with Gasteiger partial charge in [-0.15, -0.1) is 0 Å². The van der Waals surface area contributed by atoms with Crippen molar-refractivity contribution in [2.24, 2.45) is 0 Å². The van der Waals surface area contributed by atoms with E-state index in [0.29, 0.717) is 5.75 Å². The molecule has 0 aliphatic carbocycles. The van der Waals surface area contributed by atoms with Gasteiger partial charge in [0.25, 0.3) is 0 Å². The van der Waals surface area contributed by atoms with Crippen LogP contribution in [0.5, 0.6) is 5.75 Å². The minimum atomic E-state index is -1.66. The first-order chi connectivity index (χ1) is 12.3. The molecule has 0 aliphatic heterocycles. The number of phenolic OH excluding ortho intramolecular Hbond substituents is 1. The van der Waals surface area contributed by atoms with Gasteiger partial charge in [-0.2, -0.15) is 0 Å². The van der Waals surface area contributed by atoms with E-state index in [2.05, 4.69) is 58.9 Å². The molecule has 4 heteroatoms. The van der Waals surface area contributed by atoms with Crippen LogP contribution in [0.2, 0.25) is 6.04 Å². The normalized spacial score (nSPS) is 11.7. The summed E-state index contributed by atoms with van der Waals surface area (Å²) in [6.45, 7) is 10.3. The van der Waals surface area contributed by atoms with Crippen molar-refractivity contribution >= 4 is 9.28 Å². The molecular formula is C22H32O3Si. The third-order valence-corrected chi connectivity index (χ3v) is 6.76. The zero-order chi connectivity index (χ0) is 19.1. The first-order valence-electron chi connectivity index (χ1n) is 9.55. The lowest BCUT2D eigenvalue weighted by Crippen LogP contribution is -2.29. The highest BCUT2D eigenvalue weighted by Gasteiger charge is 2.17. The Labute approximate surface area is 159 Å². The summed E-state index contributed by atoms with van der Waals surface area (Å²) in [5, 5.41) is 9.93. The van der Waals surface area contributed by atoms with Crippen LogP contribution in [0.3, 0.4) is 0 Å². The average molecular weight is 373 g/mol. The van der Waals surface area contributed by atoms with Gasteiger partial charge >= 0.3 is 9.28 Å². The number of aromatic hydroxyl groups is 1. The van der Waals surface area contributed by atoms with Crippen LogP contribution in [0.4, 0.5) is 0 Å². The van der Waals surface area contributed by atoms with Crippen LogP contribution < -0.4 is 0 Å². The molecule has 142 valence electrons. The van der Waals surface area contributed by atoms with Crippen molar-refractivity contribution in [2.45, 2.75) is 65.7 Å². The number of hydrogen-bond acceptors (Lipinski definition) is 3. The Morgan fingerprint density at radius 1 is 0.923 bits per heavy atom. The molecule has 0 unspecified atom stereocenters. The van der Waals surface area contributed by atoms with Gasteiger partial charge in [-0.1, -0.05) is 35.9 Å². The van der Waals surface area contributed by atoms with Gasteiger partial charge in [0.2, 0.25) is 0 Å². The summed E-state index contributed by atoms with van der Waals surface area (Å²) in [6.07, 6.45) is 2.31. The van der Waals surface area contributed by atoms with E-state index < -0.39 is 9.28 Å². The summed E-state index contributed by atoms with van der Waals surface area (Å²) in [5.74, 6) is 0.321. The largest absolute Gasteiger partial charge is 0.508 e. The van der Waals surface area contributed by atoms with Gasteiger partial charge in [0.1, 0.15) is 5.75 Å². The smallest absolute Gasteiger partial charge is 0.321 e. The lowest BCUT2D eigenvalue weighted by molar-refractivity contribution is 0.129. The monoisotopic (exact) mass is 372 g/mol. The molecule has 2 rings (SSSR count). The Morgan fingerprint density at radius 3 is 2.12 bits per heavy atom. The molecule has 0 bridgehead atoms. The van der Waals surface area contributed by atoms with E-state index in [9.17, 15) is 5.11 Å². The highest BCUT2D eigenvalue weighted by atomic mass is 28.3. The van der Waals surface area contributed by atoms with Crippen LogP contribution in [0.15, 0.2) is 42.5 Å². The maximum atomic E-state index is 9.93. The van der Waals surface area contributed by atoms with E-state index in [1.54, 1.807) is 6.07 Å². The van der Waals surface area contributed by atoms with E-state index >= 15 is 0 Å². The predicted molar refractivity (Wildman–Crippen MR) is 111 cm³/mol. The minimum Gasteiger partial charge on any atom is -0.508 e. The second-order valence-electron chi connectivity index (χ2n) is 7.40. The number of aryl methyl sites for hydroxylation is 2. The zero-order valence-corrected chi connectivity index (χ0v) is 17.8. The number of benzene rings is 2. The molecule has 2 aromatic rings. The van der Waals surface area contributed by atoms with E-state index in [0.717, 1.165) is 18.9 Å². The first kappa shape index (κ1) is 20.7. The van der Waals surface area contributed by atoms with Crippen LogP contribution in [0, 0.1) is 6.92 Å². The fourth-order valence-corrected chi connectivity index (χ4v) is 5.12. The molecule has 1 N–H and O–H groups in total. The third kappa shape index (κ3) is 6.59. The van der Waals surface area contributed by atoms with E-state index in [1.807, 2.05) is 12.1 Å². The van der Waals surface area contributed by atoms with E-state index in [1.165, 1.54) is 22.3 Å².